The van der Waals surface area contributed by atoms with Gasteiger partial charge in [0.05, 0.1) is 10.9 Å². The maximum absolute atomic E-state index is 12.5. The number of benzene rings is 1. The van der Waals surface area contributed by atoms with E-state index < -0.39 is 0 Å². The molecule has 2 amide bonds. The third kappa shape index (κ3) is 2.78. The lowest BCUT2D eigenvalue weighted by Crippen LogP contribution is -2.38. The van der Waals surface area contributed by atoms with E-state index in [4.69, 9.17) is 0 Å². The van der Waals surface area contributed by atoms with Crippen LogP contribution >= 0.6 is 11.8 Å². The fourth-order valence-electron chi connectivity index (χ4n) is 2.68. The van der Waals surface area contributed by atoms with E-state index in [2.05, 4.69) is 10.6 Å². The van der Waals surface area contributed by atoms with Crippen LogP contribution in [0, 0.1) is 0 Å². The standard InChI is InChI=1S/C15H19N3O2S/c1-9-14(19)17-12-7-10(3-4-13(12)21-9)15(20)18(2)11-5-6-16-8-11/h3-4,7,9,11,16H,5-6,8H2,1-2H3,(H,17,19). The van der Waals surface area contributed by atoms with Crippen molar-refractivity contribution in [3.8, 4) is 0 Å². The fourth-order valence-corrected chi connectivity index (χ4v) is 3.61. The molecule has 2 aliphatic heterocycles. The van der Waals surface area contributed by atoms with Crippen LogP contribution in [0.25, 0.3) is 0 Å². The fraction of sp³-hybridized carbons (Fsp3) is 0.467. The predicted octanol–water partition coefficient (Wildman–Crippen LogP) is 1.55. The number of carbonyl (C=O) groups is 2. The second-order valence-electron chi connectivity index (χ2n) is 5.52. The first kappa shape index (κ1) is 14.4. The van der Waals surface area contributed by atoms with E-state index >= 15 is 0 Å². The zero-order valence-corrected chi connectivity index (χ0v) is 13.0. The monoisotopic (exact) mass is 305 g/mol. The Balaban J connectivity index is 1.81. The van der Waals surface area contributed by atoms with Crippen LogP contribution in [-0.2, 0) is 4.79 Å². The maximum Gasteiger partial charge on any atom is 0.253 e. The van der Waals surface area contributed by atoms with Gasteiger partial charge in [0.15, 0.2) is 0 Å². The van der Waals surface area contributed by atoms with Crippen LogP contribution in [0.2, 0.25) is 0 Å². The predicted molar refractivity (Wildman–Crippen MR) is 83.8 cm³/mol. The molecule has 0 saturated carbocycles. The molecule has 2 atom stereocenters. The Morgan fingerprint density at radius 2 is 2.24 bits per heavy atom. The Morgan fingerprint density at radius 3 is 2.95 bits per heavy atom. The van der Waals surface area contributed by atoms with Crippen molar-refractivity contribution in [2.75, 3.05) is 25.5 Å². The van der Waals surface area contributed by atoms with Gasteiger partial charge in [-0.25, -0.2) is 0 Å². The van der Waals surface area contributed by atoms with Crippen molar-refractivity contribution in [1.82, 2.24) is 10.2 Å². The van der Waals surface area contributed by atoms with Crippen molar-refractivity contribution in [3.63, 3.8) is 0 Å². The minimum absolute atomic E-state index is 0.00405. The van der Waals surface area contributed by atoms with E-state index in [1.165, 1.54) is 11.8 Å². The Kier molecular flexibility index (Phi) is 3.91. The highest BCUT2D eigenvalue weighted by atomic mass is 32.2. The second kappa shape index (κ2) is 5.69. The summed E-state index contributed by atoms with van der Waals surface area (Å²) in [6, 6.07) is 5.80. The summed E-state index contributed by atoms with van der Waals surface area (Å²) in [7, 11) is 1.84. The summed E-state index contributed by atoms with van der Waals surface area (Å²) in [6.07, 6.45) is 0.983. The number of anilines is 1. The van der Waals surface area contributed by atoms with E-state index in [1.54, 1.807) is 11.0 Å². The number of hydrogen-bond donors (Lipinski definition) is 2. The highest BCUT2D eigenvalue weighted by Gasteiger charge is 2.27. The number of amides is 2. The van der Waals surface area contributed by atoms with Crippen molar-refractivity contribution in [1.29, 1.82) is 0 Å². The van der Waals surface area contributed by atoms with Gasteiger partial charge >= 0.3 is 0 Å². The summed E-state index contributed by atoms with van der Waals surface area (Å²) in [4.78, 5) is 27.1. The number of carbonyl (C=O) groups excluding carboxylic acids is 2. The van der Waals surface area contributed by atoms with Crippen LogP contribution in [0.4, 0.5) is 5.69 Å². The van der Waals surface area contributed by atoms with Crippen LogP contribution in [0.5, 0.6) is 0 Å². The number of thioether (sulfide) groups is 1. The zero-order valence-electron chi connectivity index (χ0n) is 12.2. The average Bonchev–Trinajstić information content (AvgIpc) is 3.00. The van der Waals surface area contributed by atoms with Gasteiger partial charge in [0.2, 0.25) is 5.91 Å². The van der Waals surface area contributed by atoms with Crippen LogP contribution in [0.15, 0.2) is 23.1 Å². The number of fused-ring (bicyclic) bond motifs is 1. The van der Waals surface area contributed by atoms with Gasteiger partial charge in [-0.05, 0) is 38.1 Å². The number of likely N-dealkylation sites (N-methyl/N-ethyl adjacent to an activating group) is 1. The highest BCUT2D eigenvalue weighted by Crippen LogP contribution is 2.36. The first-order valence-corrected chi connectivity index (χ1v) is 8.03. The summed E-state index contributed by atoms with van der Waals surface area (Å²) in [6.45, 7) is 3.68. The molecule has 21 heavy (non-hydrogen) atoms. The van der Waals surface area contributed by atoms with Gasteiger partial charge in [-0.2, -0.15) is 0 Å². The van der Waals surface area contributed by atoms with E-state index in [1.807, 2.05) is 26.1 Å². The lowest BCUT2D eigenvalue weighted by atomic mass is 10.1. The Bertz CT molecular complexity index is 584. The van der Waals surface area contributed by atoms with Gasteiger partial charge < -0.3 is 15.5 Å². The zero-order chi connectivity index (χ0) is 15.0. The normalized spacial score (nSPS) is 24.4. The van der Waals surface area contributed by atoms with Gasteiger partial charge in [0, 0.05) is 30.1 Å². The molecule has 5 nitrogen and oxygen atoms in total. The molecule has 1 aromatic carbocycles. The number of nitrogens with zero attached hydrogens (tertiary/aromatic N) is 1. The third-order valence-corrected chi connectivity index (χ3v) is 5.24. The summed E-state index contributed by atoms with van der Waals surface area (Å²) in [5.41, 5.74) is 1.37. The molecule has 0 aliphatic carbocycles. The Hall–Kier alpha value is -1.53. The molecule has 1 saturated heterocycles. The molecule has 6 heteroatoms. The molecule has 2 unspecified atom stereocenters. The molecule has 2 N–H and O–H groups in total. The van der Waals surface area contributed by atoms with Gasteiger partial charge in [0.25, 0.3) is 5.91 Å². The third-order valence-electron chi connectivity index (χ3n) is 4.06. The molecular weight excluding hydrogens is 286 g/mol. The molecule has 1 aromatic rings. The minimum atomic E-state index is -0.0914. The summed E-state index contributed by atoms with van der Waals surface area (Å²) in [5, 5.41) is 6.05. The number of rotatable bonds is 2. The van der Waals surface area contributed by atoms with Crippen LogP contribution in [-0.4, -0.2) is 48.1 Å². The SMILES string of the molecule is CC1Sc2ccc(C(=O)N(C)C3CCNC3)cc2NC1=O. The topological polar surface area (TPSA) is 61.4 Å². The lowest BCUT2D eigenvalue weighted by Gasteiger charge is -2.25. The Morgan fingerprint density at radius 1 is 1.43 bits per heavy atom. The van der Waals surface area contributed by atoms with Crippen molar-refractivity contribution in [2.45, 2.75) is 29.5 Å². The maximum atomic E-state index is 12.5. The van der Waals surface area contributed by atoms with Crippen molar-refractivity contribution in [2.24, 2.45) is 0 Å². The molecule has 2 heterocycles. The molecule has 1 fully saturated rings. The largest absolute Gasteiger partial charge is 0.337 e. The van der Waals surface area contributed by atoms with Gasteiger partial charge in [0.1, 0.15) is 0 Å². The van der Waals surface area contributed by atoms with E-state index in [9.17, 15) is 9.59 Å². The first-order chi connectivity index (χ1) is 10.1. The van der Waals surface area contributed by atoms with Crippen molar-refractivity contribution >= 4 is 29.3 Å². The van der Waals surface area contributed by atoms with E-state index in [0.717, 1.165) is 30.1 Å². The summed E-state index contributed by atoms with van der Waals surface area (Å²) in [5.74, 6) is -0.00480. The number of hydrogen-bond acceptors (Lipinski definition) is 4. The number of nitrogens with one attached hydrogen (secondary N) is 2. The highest BCUT2D eigenvalue weighted by molar-refractivity contribution is 8.00. The molecule has 0 radical (unpaired) electrons. The van der Waals surface area contributed by atoms with Gasteiger partial charge in [-0.1, -0.05) is 0 Å². The molecular formula is C15H19N3O2S. The van der Waals surface area contributed by atoms with Crippen molar-refractivity contribution in [3.05, 3.63) is 23.8 Å². The van der Waals surface area contributed by atoms with Crippen LogP contribution in [0.1, 0.15) is 23.7 Å². The summed E-state index contributed by atoms with van der Waals surface area (Å²) < 4.78 is 0. The molecule has 0 spiro atoms. The molecule has 3 rings (SSSR count). The minimum Gasteiger partial charge on any atom is -0.337 e. The second-order valence-corrected chi connectivity index (χ2v) is 6.91. The van der Waals surface area contributed by atoms with E-state index in [-0.39, 0.29) is 23.1 Å². The first-order valence-electron chi connectivity index (χ1n) is 7.15. The van der Waals surface area contributed by atoms with Crippen LogP contribution < -0.4 is 10.6 Å². The summed E-state index contributed by atoms with van der Waals surface area (Å²) >= 11 is 1.53. The van der Waals surface area contributed by atoms with Crippen LogP contribution in [0.3, 0.4) is 0 Å². The van der Waals surface area contributed by atoms with E-state index in [0.29, 0.717) is 5.56 Å². The molecule has 112 valence electrons. The quantitative estimate of drug-likeness (QED) is 0.870. The Labute approximate surface area is 128 Å². The van der Waals surface area contributed by atoms with Gasteiger partial charge in [-0.3, -0.25) is 9.59 Å². The molecule has 0 bridgehead atoms. The molecule has 0 aromatic heterocycles. The molecule has 2 aliphatic rings. The smallest absolute Gasteiger partial charge is 0.253 e. The van der Waals surface area contributed by atoms with Gasteiger partial charge in [-0.15, -0.1) is 11.8 Å². The lowest BCUT2D eigenvalue weighted by molar-refractivity contribution is -0.115. The van der Waals surface area contributed by atoms with Crippen molar-refractivity contribution < 1.29 is 9.59 Å². The average molecular weight is 305 g/mol.